The Bertz CT molecular complexity index is 1280. The number of carbonyl (C=O) groups excluding carboxylic acids is 3. The van der Waals surface area contributed by atoms with Crippen molar-refractivity contribution in [2.24, 2.45) is 0 Å². The van der Waals surface area contributed by atoms with Crippen LogP contribution in [0.5, 0.6) is 0 Å². The lowest BCUT2D eigenvalue weighted by molar-refractivity contribution is -0.167. The average molecular weight is 875 g/mol. The van der Waals surface area contributed by atoms with Crippen LogP contribution in [0.1, 0.15) is 226 Å². The number of allylic oxidation sites excluding steroid dienone is 16. The number of hydrogen-bond acceptors (Lipinski definition) is 6. The molecule has 1 atom stereocenters. The van der Waals surface area contributed by atoms with Crippen LogP contribution in [0.2, 0.25) is 0 Å². The summed E-state index contributed by atoms with van der Waals surface area (Å²) in [6.45, 7) is 6.40. The van der Waals surface area contributed by atoms with Crippen LogP contribution >= 0.6 is 0 Å². The highest BCUT2D eigenvalue weighted by atomic mass is 16.6. The Morgan fingerprint density at radius 3 is 1.05 bits per heavy atom. The highest BCUT2D eigenvalue weighted by molar-refractivity contribution is 5.71. The fraction of sp³-hybridized carbons (Fsp3) is 0.667. The fourth-order valence-corrected chi connectivity index (χ4v) is 6.67. The first-order valence-electron chi connectivity index (χ1n) is 25.7. The predicted molar refractivity (Wildman–Crippen MR) is 270 cm³/mol. The van der Waals surface area contributed by atoms with Crippen LogP contribution in [0.3, 0.4) is 0 Å². The molecule has 0 N–H and O–H groups in total. The summed E-state index contributed by atoms with van der Waals surface area (Å²) in [7, 11) is 0. The molecule has 0 spiro atoms. The van der Waals surface area contributed by atoms with Gasteiger partial charge in [-0.2, -0.15) is 0 Å². The van der Waals surface area contributed by atoms with Gasteiger partial charge in [-0.25, -0.2) is 0 Å². The summed E-state index contributed by atoms with van der Waals surface area (Å²) < 4.78 is 16.7. The predicted octanol–water partition coefficient (Wildman–Crippen LogP) is 17.0. The van der Waals surface area contributed by atoms with Crippen LogP contribution in [-0.4, -0.2) is 37.2 Å². The molecule has 0 saturated heterocycles. The highest BCUT2D eigenvalue weighted by Crippen LogP contribution is 2.12. The van der Waals surface area contributed by atoms with Crippen molar-refractivity contribution in [1.29, 1.82) is 0 Å². The van der Waals surface area contributed by atoms with Gasteiger partial charge in [-0.15, -0.1) is 0 Å². The van der Waals surface area contributed by atoms with E-state index in [0.29, 0.717) is 25.7 Å². The summed E-state index contributed by atoms with van der Waals surface area (Å²) in [6.07, 6.45) is 66.8. The maximum absolute atomic E-state index is 12.8. The molecule has 0 fully saturated rings. The molecule has 63 heavy (non-hydrogen) atoms. The van der Waals surface area contributed by atoms with Gasteiger partial charge in [0, 0.05) is 19.3 Å². The SMILES string of the molecule is CC/C=C\C/C=C\C/C=C\C/C=C\CCCCC(=O)OC[C@H](COC(=O)CCCCCCC/C=C\CCCCCCCC)OC(=O)CCCC/C=C\C/C=C\C/C=C\CCCCC. The first kappa shape index (κ1) is 59.3. The maximum Gasteiger partial charge on any atom is 0.306 e. The Hall–Kier alpha value is -3.67. The fourth-order valence-electron chi connectivity index (χ4n) is 6.67. The lowest BCUT2D eigenvalue weighted by Crippen LogP contribution is -2.30. The molecule has 6 nitrogen and oxygen atoms in total. The summed E-state index contributed by atoms with van der Waals surface area (Å²) in [6, 6.07) is 0. The smallest absolute Gasteiger partial charge is 0.306 e. The Morgan fingerprint density at radius 1 is 0.333 bits per heavy atom. The van der Waals surface area contributed by atoms with Gasteiger partial charge >= 0.3 is 17.9 Å². The van der Waals surface area contributed by atoms with Crippen molar-refractivity contribution in [3.05, 3.63) is 97.2 Å². The Kier molecular flexibility index (Phi) is 48.0. The molecule has 0 aliphatic carbocycles. The third kappa shape index (κ3) is 49.2. The second kappa shape index (κ2) is 51.0. The van der Waals surface area contributed by atoms with Crippen molar-refractivity contribution in [2.45, 2.75) is 232 Å². The summed E-state index contributed by atoms with van der Waals surface area (Å²) in [5.41, 5.74) is 0. The van der Waals surface area contributed by atoms with Gasteiger partial charge in [0.25, 0.3) is 0 Å². The third-order valence-electron chi connectivity index (χ3n) is 10.5. The number of carbonyl (C=O) groups is 3. The molecule has 0 aromatic rings. The molecule has 0 unspecified atom stereocenters. The molecule has 6 heteroatoms. The van der Waals surface area contributed by atoms with Gasteiger partial charge in [0.05, 0.1) is 0 Å². The van der Waals surface area contributed by atoms with E-state index in [1.807, 2.05) is 0 Å². The molecule has 0 aliphatic rings. The quantitative estimate of drug-likeness (QED) is 0.0262. The Labute approximate surface area is 387 Å². The molecule has 0 amide bonds. The zero-order chi connectivity index (χ0) is 45.8. The van der Waals surface area contributed by atoms with Crippen molar-refractivity contribution in [3.63, 3.8) is 0 Å². The molecular formula is C57H94O6. The monoisotopic (exact) mass is 875 g/mol. The zero-order valence-corrected chi connectivity index (χ0v) is 40.8. The van der Waals surface area contributed by atoms with E-state index in [9.17, 15) is 14.4 Å². The van der Waals surface area contributed by atoms with Crippen molar-refractivity contribution in [2.75, 3.05) is 13.2 Å². The summed E-state index contributed by atoms with van der Waals surface area (Å²) in [5.74, 6) is -1.00. The molecule has 0 radical (unpaired) electrons. The molecule has 0 saturated carbocycles. The van der Waals surface area contributed by atoms with Crippen LogP contribution in [0, 0.1) is 0 Å². The Morgan fingerprint density at radius 2 is 0.619 bits per heavy atom. The van der Waals surface area contributed by atoms with Gasteiger partial charge in [0.15, 0.2) is 6.10 Å². The van der Waals surface area contributed by atoms with Crippen LogP contribution in [0.15, 0.2) is 97.2 Å². The van der Waals surface area contributed by atoms with Crippen LogP contribution < -0.4 is 0 Å². The number of esters is 3. The van der Waals surface area contributed by atoms with Gasteiger partial charge in [0.2, 0.25) is 0 Å². The topological polar surface area (TPSA) is 78.9 Å². The number of unbranched alkanes of at least 4 members (excludes halogenated alkanes) is 18. The van der Waals surface area contributed by atoms with Crippen LogP contribution in [-0.2, 0) is 28.6 Å². The van der Waals surface area contributed by atoms with Gasteiger partial charge in [-0.3, -0.25) is 14.4 Å². The van der Waals surface area contributed by atoms with E-state index in [0.717, 1.165) is 96.3 Å². The first-order valence-corrected chi connectivity index (χ1v) is 25.7. The molecule has 0 heterocycles. The minimum absolute atomic E-state index is 0.111. The van der Waals surface area contributed by atoms with E-state index in [4.69, 9.17) is 14.2 Å². The van der Waals surface area contributed by atoms with E-state index >= 15 is 0 Å². The number of rotatable bonds is 45. The van der Waals surface area contributed by atoms with Gasteiger partial charge in [0.1, 0.15) is 13.2 Å². The number of ether oxygens (including phenoxy) is 3. The molecule has 0 bridgehead atoms. The standard InChI is InChI=1S/C57H94O6/c1-4-7-10-13-16-19-22-25-28-31-34-37-40-43-46-49-55(58)61-52-54(63-57(60)51-48-45-42-39-36-33-30-27-24-21-18-15-12-9-6-3)53-62-56(59)50-47-44-41-38-35-32-29-26-23-20-17-14-11-8-5-2/h7,10,16,18-19,21,25-30,34,36-37,39,54H,4-6,8-9,11-15,17,20,22-24,31-33,35,38,40-53H2,1-3H3/b10-7-,19-16-,21-18-,28-25-,29-26-,30-27-,37-34-,39-36-/t54-/m1/s1. The largest absolute Gasteiger partial charge is 0.462 e. The highest BCUT2D eigenvalue weighted by Gasteiger charge is 2.19. The molecule has 358 valence electrons. The van der Waals surface area contributed by atoms with Crippen molar-refractivity contribution in [3.8, 4) is 0 Å². The second-order valence-electron chi connectivity index (χ2n) is 16.7. The molecule has 0 aliphatic heterocycles. The van der Waals surface area contributed by atoms with Crippen molar-refractivity contribution in [1.82, 2.24) is 0 Å². The van der Waals surface area contributed by atoms with E-state index in [2.05, 4.69) is 118 Å². The summed E-state index contributed by atoms with van der Waals surface area (Å²) in [5, 5.41) is 0. The van der Waals surface area contributed by atoms with Crippen LogP contribution in [0.25, 0.3) is 0 Å². The zero-order valence-electron chi connectivity index (χ0n) is 40.8. The third-order valence-corrected chi connectivity index (χ3v) is 10.5. The molecule has 0 rings (SSSR count). The van der Waals surface area contributed by atoms with Crippen molar-refractivity contribution < 1.29 is 28.6 Å². The normalized spacial score (nSPS) is 12.9. The average Bonchev–Trinajstić information content (AvgIpc) is 3.28. The molecule has 0 aromatic carbocycles. The number of hydrogen-bond donors (Lipinski definition) is 0. The maximum atomic E-state index is 12.8. The summed E-state index contributed by atoms with van der Waals surface area (Å²) in [4.78, 5) is 38.0. The van der Waals surface area contributed by atoms with Crippen LogP contribution in [0.4, 0.5) is 0 Å². The summed E-state index contributed by atoms with van der Waals surface area (Å²) >= 11 is 0. The van der Waals surface area contributed by atoms with E-state index < -0.39 is 6.10 Å². The minimum atomic E-state index is -0.818. The van der Waals surface area contributed by atoms with Gasteiger partial charge in [-0.1, -0.05) is 182 Å². The van der Waals surface area contributed by atoms with E-state index in [1.165, 1.54) is 77.0 Å². The first-order chi connectivity index (χ1) is 31.0. The second-order valence-corrected chi connectivity index (χ2v) is 16.7. The van der Waals surface area contributed by atoms with Gasteiger partial charge in [-0.05, 0) is 122 Å². The minimum Gasteiger partial charge on any atom is -0.462 e. The van der Waals surface area contributed by atoms with Crippen molar-refractivity contribution >= 4 is 17.9 Å². The van der Waals surface area contributed by atoms with E-state index in [1.54, 1.807) is 0 Å². The Balaban J connectivity index is 4.54. The molecule has 0 aromatic heterocycles. The van der Waals surface area contributed by atoms with Gasteiger partial charge < -0.3 is 14.2 Å². The molecular weight excluding hydrogens is 781 g/mol. The lowest BCUT2D eigenvalue weighted by Gasteiger charge is -2.18. The van der Waals surface area contributed by atoms with E-state index in [-0.39, 0.29) is 37.5 Å². The lowest BCUT2D eigenvalue weighted by atomic mass is 10.1.